The molecule has 0 aromatic carbocycles. The normalized spacial score (nSPS) is 10.3. The minimum atomic E-state index is -0.585. The first-order valence-corrected chi connectivity index (χ1v) is 4.95. The lowest BCUT2D eigenvalue weighted by Crippen LogP contribution is -2.01. The number of furan rings is 1. The molecule has 0 radical (unpaired) electrons. The van der Waals surface area contributed by atoms with Gasteiger partial charge in [-0.25, -0.2) is 4.79 Å². The Kier molecular flexibility index (Phi) is 3.09. The summed E-state index contributed by atoms with van der Waals surface area (Å²) in [6.07, 6.45) is 1.46. The van der Waals surface area contributed by atoms with E-state index in [9.17, 15) is 14.9 Å². The van der Waals surface area contributed by atoms with Crippen molar-refractivity contribution in [2.24, 2.45) is 0 Å². The Labute approximate surface area is 101 Å². The molecule has 0 unspecified atom stereocenters. The average Bonchev–Trinajstić information content (AvgIpc) is 2.98. The van der Waals surface area contributed by atoms with Crippen LogP contribution in [0.3, 0.4) is 0 Å². The number of methoxy groups -OCH3 is 1. The first-order valence-electron chi connectivity index (χ1n) is 4.95. The third-order valence-electron chi connectivity index (χ3n) is 2.18. The van der Waals surface area contributed by atoms with Gasteiger partial charge in [-0.1, -0.05) is 0 Å². The molecule has 8 nitrogen and oxygen atoms in total. The monoisotopic (exact) mass is 251 g/mol. The molecule has 0 saturated carbocycles. The largest absolute Gasteiger partial charge is 0.463 e. The number of hydrogen-bond acceptors (Lipinski definition) is 6. The number of rotatable bonds is 4. The van der Waals surface area contributed by atoms with E-state index in [1.807, 2.05) is 0 Å². The number of hydrogen-bond donors (Lipinski definition) is 0. The van der Waals surface area contributed by atoms with Crippen LogP contribution in [0.2, 0.25) is 0 Å². The van der Waals surface area contributed by atoms with Gasteiger partial charge in [-0.15, -0.1) is 0 Å². The number of aromatic nitrogens is 2. The molecule has 2 rings (SSSR count). The summed E-state index contributed by atoms with van der Waals surface area (Å²) in [5, 5.41) is 14.2. The van der Waals surface area contributed by atoms with Crippen molar-refractivity contribution in [1.82, 2.24) is 9.78 Å². The zero-order chi connectivity index (χ0) is 13.1. The number of carbonyl (C=O) groups is 1. The van der Waals surface area contributed by atoms with Crippen molar-refractivity contribution in [2.45, 2.75) is 6.54 Å². The standard InChI is InChI=1S/C10H9N3O5/c1-17-10(14)8-3-2-7(18-8)6-12-5-4-9(11-12)13(15)16/h2-5H,6H2,1H3. The lowest BCUT2D eigenvalue weighted by Gasteiger charge is -1.94. The zero-order valence-electron chi connectivity index (χ0n) is 9.40. The molecule has 0 aliphatic carbocycles. The van der Waals surface area contributed by atoms with E-state index in [1.165, 1.54) is 30.1 Å². The molecule has 0 saturated heterocycles. The molecule has 0 atom stereocenters. The van der Waals surface area contributed by atoms with Crippen LogP contribution in [0.4, 0.5) is 5.82 Å². The van der Waals surface area contributed by atoms with Gasteiger partial charge in [-0.2, -0.15) is 4.68 Å². The average molecular weight is 251 g/mol. The van der Waals surface area contributed by atoms with Crippen LogP contribution in [0.5, 0.6) is 0 Å². The maximum absolute atomic E-state index is 11.1. The number of nitrogens with zero attached hydrogens (tertiary/aromatic N) is 3. The van der Waals surface area contributed by atoms with E-state index in [1.54, 1.807) is 6.07 Å². The van der Waals surface area contributed by atoms with Gasteiger partial charge in [0.1, 0.15) is 12.3 Å². The highest BCUT2D eigenvalue weighted by Gasteiger charge is 2.14. The lowest BCUT2D eigenvalue weighted by molar-refractivity contribution is -0.389. The topological polar surface area (TPSA) is 100 Å². The molecule has 0 aliphatic heterocycles. The molecule has 0 spiro atoms. The number of ether oxygens (including phenoxy) is 1. The Morgan fingerprint density at radius 1 is 1.56 bits per heavy atom. The minimum absolute atomic E-state index is 0.0779. The van der Waals surface area contributed by atoms with Crippen molar-refractivity contribution >= 4 is 11.8 Å². The SMILES string of the molecule is COC(=O)c1ccc(Cn2ccc([N+](=O)[O-])n2)o1. The van der Waals surface area contributed by atoms with Crippen LogP contribution in [-0.4, -0.2) is 27.8 Å². The predicted octanol–water partition coefficient (Wildman–Crippen LogP) is 1.22. The molecule has 0 aliphatic rings. The fourth-order valence-electron chi connectivity index (χ4n) is 1.37. The van der Waals surface area contributed by atoms with E-state index in [0.29, 0.717) is 5.76 Å². The summed E-state index contributed by atoms with van der Waals surface area (Å²) in [5.41, 5.74) is 0. The summed E-state index contributed by atoms with van der Waals surface area (Å²) < 4.78 is 11.0. The highest BCUT2D eigenvalue weighted by molar-refractivity contribution is 5.86. The number of carbonyl (C=O) groups excluding carboxylic acids is 1. The van der Waals surface area contributed by atoms with Gasteiger partial charge in [0, 0.05) is 0 Å². The lowest BCUT2D eigenvalue weighted by atomic mass is 10.4. The molecule has 0 amide bonds. The molecule has 8 heteroatoms. The minimum Gasteiger partial charge on any atom is -0.463 e. The van der Waals surface area contributed by atoms with Gasteiger partial charge in [0.2, 0.25) is 5.76 Å². The second kappa shape index (κ2) is 4.70. The van der Waals surface area contributed by atoms with E-state index in [2.05, 4.69) is 9.84 Å². The van der Waals surface area contributed by atoms with E-state index >= 15 is 0 Å². The Balaban J connectivity index is 2.11. The molecule has 0 fully saturated rings. The van der Waals surface area contributed by atoms with E-state index in [-0.39, 0.29) is 18.1 Å². The summed E-state index contributed by atoms with van der Waals surface area (Å²) in [6.45, 7) is 0.199. The maximum atomic E-state index is 11.1. The smallest absolute Gasteiger partial charge is 0.389 e. The summed E-state index contributed by atoms with van der Waals surface area (Å²) >= 11 is 0. The molecule has 18 heavy (non-hydrogen) atoms. The van der Waals surface area contributed by atoms with Gasteiger partial charge in [-0.05, 0) is 17.1 Å². The van der Waals surface area contributed by atoms with Crippen molar-refractivity contribution in [3.05, 3.63) is 46.0 Å². The van der Waals surface area contributed by atoms with Crippen molar-refractivity contribution in [1.29, 1.82) is 0 Å². The second-order valence-corrected chi connectivity index (χ2v) is 3.39. The summed E-state index contributed by atoms with van der Waals surface area (Å²) in [7, 11) is 1.25. The third-order valence-corrected chi connectivity index (χ3v) is 2.18. The highest BCUT2D eigenvalue weighted by atomic mass is 16.6. The third kappa shape index (κ3) is 2.37. The van der Waals surface area contributed by atoms with Crippen LogP contribution in [-0.2, 0) is 11.3 Å². The van der Waals surface area contributed by atoms with Crippen LogP contribution in [0.25, 0.3) is 0 Å². The Bertz CT molecular complexity index is 586. The summed E-state index contributed by atoms with van der Waals surface area (Å²) in [5.74, 6) is -0.287. The van der Waals surface area contributed by atoms with Crippen LogP contribution in [0.15, 0.2) is 28.8 Å². The maximum Gasteiger partial charge on any atom is 0.389 e. The predicted molar refractivity (Wildman–Crippen MR) is 58.0 cm³/mol. The first kappa shape index (κ1) is 11.8. The Hall–Kier alpha value is -2.64. The molecular formula is C10H9N3O5. The van der Waals surface area contributed by atoms with Gasteiger partial charge in [-0.3, -0.25) is 0 Å². The highest BCUT2D eigenvalue weighted by Crippen LogP contribution is 2.12. The second-order valence-electron chi connectivity index (χ2n) is 3.39. The molecule has 0 N–H and O–H groups in total. The molecular weight excluding hydrogens is 242 g/mol. The van der Waals surface area contributed by atoms with E-state index in [4.69, 9.17) is 4.42 Å². The van der Waals surface area contributed by atoms with Gasteiger partial charge in [0.25, 0.3) is 0 Å². The quantitative estimate of drug-likeness (QED) is 0.460. The molecule has 2 aromatic rings. The van der Waals surface area contributed by atoms with Crippen LogP contribution >= 0.6 is 0 Å². The van der Waals surface area contributed by atoms with Crippen LogP contribution < -0.4 is 0 Å². The van der Waals surface area contributed by atoms with Gasteiger partial charge in [0.05, 0.1) is 24.5 Å². The zero-order valence-corrected chi connectivity index (χ0v) is 9.40. The Morgan fingerprint density at radius 2 is 2.33 bits per heavy atom. The van der Waals surface area contributed by atoms with Crippen LogP contribution in [0.1, 0.15) is 16.3 Å². The van der Waals surface area contributed by atoms with Gasteiger partial charge >= 0.3 is 11.8 Å². The van der Waals surface area contributed by atoms with Gasteiger partial charge < -0.3 is 19.3 Å². The fraction of sp³-hybridized carbons (Fsp3) is 0.200. The molecule has 2 aromatic heterocycles. The first-order chi connectivity index (χ1) is 8.60. The molecule has 0 bridgehead atoms. The van der Waals surface area contributed by atoms with Crippen LogP contribution in [0, 0.1) is 10.1 Å². The summed E-state index contributed by atoms with van der Waals surface area (Å²) in [4.78, 5) is 21.0. The van der Waals surface area contributed by atoms with Crippen molar-refractivity contribution in [3.63, 3.8) is 0 Å². The number of esters is 1. The fourth-order valence-corrected chi connectivity index (χ4v) is 1.37. The van der Waals surface area contributed by atoms with Crippen molar-refractivity contribution in [3.8, 4) is 0 Å². The number of nitro groups is 1. The van der Waals surface area contributed by atoms with E-state index in [0.717, 1.165) is 0 Å². The van der Waals surface area contributed by atoms with E-state index < -0.39 is 10.9 Å². The van der Waals surface area contributed by atoms with Gasteiger partial charge in [0.15, 0.2) is 0 Å². The molecule has 94 valence electrons. The Morgan fingerprint density at radius 3 is 2.94 bits per heavy atom. The van der Waals surface area contributed by atoms with Crippen molar-refractivity contribution < 1.29 is 18.9 Å². The summed E-state index contributed by atoms with van der Waals surface area (Å²) in [6, 6.07) is 4.34. The van der Waals surface area contributed by atoms with Crippen molar-refractivity contribution in [2.75, 3.05) is 7.11 Å². The molecule has 2 heterocycles.